The second-order valence-corrected chi connectivity index (χ2v) is 5.63. The third-order valence-corrected chi connectivity index (χ3v) is 1.89. The molecule has 0 unspecified atom stereocenters. The van der Waals surface area contributed by atoms with Crippen LogP contribution in [0.1, 0.15) is 0 Å². The molecule has 108 valence electrons. The number of carboxylic acid groups (broad SMARTS) is 1. The number of esters is 1. The van der Waals surface area contributed by atoms with Crippen molar-refractivity contribution in [2.45, 2.75) is 3.79 Å². The number of aliphatic carboxylic acids is 1. The Morgan fingerprint density at radius 3 is 2.21 bits per heavy atom. The molecule has 7 nitrogen and oxygen atoms in total. The Labute approximate surface area is 127 Å². The molecule has 0 radical (unpaired) electrons. The van der Waals surface area contributed by atoms with E-state index in [2.05, 4.69) is 14.7 Å². The van der Waals surface area contributed by atoms with Gasteiger partial charge in [-0.1, -0.05) is 40.0 Å². The van der Waals surface area contributed by atoms with Gasteiger partial charge in [-0.05, 0) is 0 Å². The second kappa shape index (κ2) is 8.42. The van der Waals surface area contributed by atoms with Crippen LogP contribution in [0, 0.1) is 0 Å². The number of hydrogen-bond acceptors (Lipinski definition) is 6. The monoisotopic (exact) mass is 353 g/mol. The van der Waals surface area contributed by atoms with E-state index >= 15 is 0 Å². The van der Waals surface area contributed by atoms with E-state index in [1.807, 2.05) is 0 Å². The molecule has 0 saturated carbocycles. The number of hydrogen-bond donors (Lipinski definition) is 1. The highest BCUT2D eigenvalue weighted by Crippen LogP contribution is 2.25. The fraction of sp³-hybridized carbons (Fsp3) is 0.500. The molecule has 0 bridgehead atoms. The Morgan fingerprint density at radius 2 is 1.79 bits per heavy atom. The van der Waals surface area contributed by atoms with Gasteiger partial charge in [-0.25, -0.2) is 9.59 Å². The average Bonchev–Trinajstić information content (AvgIpc) is 2.29. The van der Waals surface area contributed by atoms with Crippen molar-refractivity contribution in [3.63, 3.8) is 0 Å². The molecule has 0 rings (SSSR count). The molecule has 0 saturated heterocycles. The van der Waals surface area contributed by atoms with Crippen LogP contribution in [0.4, 0.5) is 0 Å². The fourth-order valence-electron chi connectivity index (χ4n) is 0.626. The number of oxime groups is 1. The lowest BCUT2D eigenvalue weighted by Gasteiger charge is -2.10. The summed E-state index contributed by atoms with van der Waals surface area (Å²) < 4.78 is 2.67. The number of rotatable bonds is 7. The zero-order chi connectivity index (χ0) is 15.1. The van der Waals surface area contributed by atoms with E-state index in [0.29, 0.717) is 0 Å². The number of carbonyl (C=O) groups excluding carboxylic acids is 2. The smallest absolute Gasteiger partial charge is 0.361 e. The quantitative estimate of drug-likeness (QED) is 0.242. The molecular formula is C8H7Cl4NO6. The molecule has 0 aliphatic carbocycles. The summed E-state index contributed by atoms with van der Waals surface area (Å²) in [7, 11) is 0. The highest BCUT2D eigenvalue weighted by Gasteiger charge is 2.23. The van der Waals surface area contributed by atoms with Crippen LogP contribution in [-0.4, -0.2) is 51.4 Å². The van der Waals surface area contributed by atoms with Crippen LogP contribution in [0.25, 0.3) is 0 Å². The first-order valence-corrected chi connectivity index (χ1v) is 6.09. The molecule has 0 aliphatic rings. The summed E-state index contributed by atoms with van der Waals surface area (Å²) in [6.07, 6.45) is 0. The number of ether oxygens (including phenoxy) is 1. The number of carboxylic acids is 1. The normalized spacial score (nSPS) is 11.9. The van der Waals surface area contributed by atoms with Crippen LogP contribution in [-0.2, 0) is 24.0 Å². The molecule has 0 aromatic rings. The minimum absolute atomic E-state index is 0.518. The molecule has 0 heterocycles. The van der Waals surface area contributed by atoms with Gasteiger partial charge in [-0.15, -0.1) is 11.6 Å². The van der Waals surface area contributed by atoms with Crippen molar-refractivity contribution in [1.29, 1.82) is 0 Å². The van der Waals surface area contributed by atoms with E-state index < -0.39 is 46.3 Å². The molecule has 1 N–H and O–H groups in total. The third-order valence-electron chi connectivity index (χ3n) is 1.32. The molecule has 0 fully saturated rings. The van der Waals surface area contributed by atoms with Gasteiger partial charge >= 0.3 is 11.9 Å². The second-order valence-electron chi connectivity index (χ2n) is 2.85. The van der Waals surface area contributed by atoms with E-state index in [1.54, 1.807) is 0 Å². The van der Waals surface area contributed by atoms with E-state index in [-0.39, 0.29) is 0 Å². The standard InChI is InChI=1S/C8H7Cl4NO6/c9-1-4(14)6(7(16)17)13-19-2-5(15)18-3-8(10,11)12/h1-3H2,(H,16,17)/b13-6+. The van der Waals surface area contributed by atoms with E-state index in [0.717, 1.165) is 0 Å². The van der Waals surface area contributed by atoms with Crippen LogP contribution in [0.5, 0.6) is 0 Å². The maximum atomic E-state index is 11.0. The van der Waals surface area contributed by atoms with Crippen molar-refractivity contribution in [3.8, 4) is 0 Å². The molecule has 0 spiro atoms. The third kappa shape index (κ3) is 8.88. The van der Waals surface area contributed by atoms with Gasteiger partial charge in [0, 0.05) is 0 Å². The molecular weight excluding hydrogens is 348 g/mol. The number of Topliss-reactive ketones (excluding diaryl/α,β-unsaturated/α-hetero) is 1. The number of ketones is 1. The number of halogens is 4. The van der Waals surface area contributed by atoms with Gasteiger partial charge in [0.1, 0.15) is 6.61 Å². The molecule has 19 heavy (non-hydrogen) atoms. The van der Waals surface area contributed by atoms with Gasteiger partial charge in [-0.2, -0.15) is 0 Å². The lowest BCUT2D eigenvalue weighted by atomic mass is 10.3. The molecule has 0 aromatic carbocycles. The Bertz CT molecular complexity index is 391. The van der Waals surface area contributed by atoms with Crippen LogP contribution in [0.15, 0.2) is 5.16 Å². The lowest BCUT2D eigenvalue weighted by molar-refractivity contribution is -0.149. The lowest BCUT2D eigenvalue weighted by Crippen LogP contribution is -2.26. The van der Waals surface area contributed by atoms with Crippen molar-refractivity contribution in [1.82, 2.24) is 0 Å². The predicted octanol–water partition coefficient (Wildman–Crippen LogP) is 1.16. The molecule has 0 atom stereocenters. The van der Waals surface area contributed by atoms with E-state index in [1.165, 1.54) is 0 Å². The van der Waals surface area contributed by atoms with Gasteiger partial charge < -0.3 is 14.7 Å². The van der Waals surface area contributed by atoms with Gasteiger partial charge in [-0.3, -0.25) is 4.79 Å². The van der Waals surface area contributed by atoms with Crippen LogP contribution >= 0.6 is 46.4 Å². The van der Waals surface area contributed by atoms with Crippen molar-refractivity contribution in [2.75, 3.05) is 19.1 Å². The highest BCUT2D eigenvalue weighted by atomic mass is 35.6. The Balaban J connectivity index is 4.28. The first-order valence-electron chi connectivity index (χ1n) is 4.42. The van der Waals surface area contributed by atoms with Crippen molar-refractivity contribution < 1.29 is 29.1 Å². The summed E-state index contributed by atoms with van der Waals surface area (Å²) in [5.74, 6) is -4.16. The summed E-state index contributed by atoms with van der Waals surface area (Å²) in [4.78, 5) is 36.9. The zero-order valence-electron chi connectivity index (χ0n) is 9.07. The zero-order valence-corrected chi connectivity index (χ0v) is 12.1. The van der Waals surface area contributed by atoms with E-state index in [4.69, 9.17) is 51.5 Å². The highest BCUT2D eigenvalue weighted by molar-refractivity contribution is 6.68. The van der Waals surface area contributed by atoms with Gasteiger partial charge in [0.15, 0.2) is 0 Å². The Hall–Kier alpha value is -0.760. The van der Waals surface area contributed by atoms with Gasteiger partial charge in [0.05, 0.1) is 5.88 Å². The maximum absolute atomic E-state index is 11.0. The molecule has 0 aromatic heterocycles. The molecule has 0 aliphatic heterocycles. The van der Waals surface area contributed by atoms with Crippen LogP contribution < -0.4 is 0 Å². The maximum Gasteiger partial charge on any atom is 0.361 e. The molecule has 11 heteroatoms. The summed E-state index contributed by atoms with van der Waals surface area (Å²) in [6, 6.07) is 0. The summed E-state index contributed by atoms with van der Waals surface area (Å²) in [6.45, 7) is -1.27. The van der Waals surface area contributed by atoms with Gasteiger partial charge in [0.25, 0.3) is 0 Å². The fourth-order valence-corrected chi connectivity index (χ4v) is 0.916. The van der Waals surface area contributed by atoms with Crippen LogP contribution in [0.2, 0.25) is 0 Å². The first-order chi connectivity index (χ1) is 8.67. The van der Waals surface area contributed by atoms with Crippen molar-refractivity contribution >= 4 is 69.8 Å². The minimum atomic E-state index is -1.78. The first kappa shape index (κ1) is 18.2. The Morgan fingerprint density at radius 1 is 1.21 bits per heavy atom. The van der Waals surface area contributed by atoms with Crippen molar-refractivity contribution in [3.05, 3.63) is 0 Å². The van der Waals surface area contributed by atoms with E-state index in [9.17, 15) is 14.4 Å². The topological polar surface area (TPSA) is 102 Å². The summed E-state index contributed by atoms with van der Waals surface area (Å²) in [5, 5.41) is 11.6. The van der Waals surface area contributed by atoms with Crippen molar-refractivity contribution in [2.24, 2.45) is 5.16 Å². The Kier molecular flexibility index (Phi) is 8.08. The SMILES string of the molecule is O=C(CO/N=C(/C(=O)O)C(=O)CCl)OCC(Cl)(Cl)Cl. The number of alkyl halides is 4. The summed E-state index contributed by atoms with van der Waals surface area (Å²) >= 11 is 21.1. The largest absolute Gasteiger partial charge is 0.476 e. The minimum Gasteiger partial charge on any atom is -0.476 e. The number of nitrogens with zero attached hydrogens (tertiary/aromatic N) is 1. The summed E-state index contributed by atoms with van der Waals surface area (Å²) in [5.41, 5.74) is -0.941. The predicted molar refractivity (Wildman–Crippen MR) is 68.0 cm³/mol. The average molecular weight is 355 g/mol. The van der Waals surface area contributed by atoms with Gasteiger partial charge in [0.2, 0.25) is 21.9 Å². The number of carbonyl (C=O) groups is 3. The molecule has 0 amide bonds. The van der Waals surface area contributed by atoms with Crippen LogP contribution in [0.3, 0.4) is 0 Å².